The van der Waals surface area contributed by atoms with Gasteiger partial charge in [-0.3, -0.25) is 0 Å². The van der Waals surface area contributed by atoms with Gasteiger partial charge in [-0.2, -0.15) is 10.4 Å². The van der Waals surface area contributed by atoms with Gasteiger partial charge >= 0.3 is 0 Å². The molecule has 0 unspecified atom stereocenters. The molecular weight excluding hydrogens is 328 g/mol. The summed E-state index contributed by atoms with van der Waals surface area (Å²) in [6.45, 7) is 5.92. The normalized spacial score (nSPS) is 10.6. The first-order valence-electron chi connectivity index (χ1n) is 7.31. The van der Waals surface area contributed by atoms with Crippen molar-refractivity contribution in [3.05, 3.63) is 57.7 Å². The van der Waals surface area contributed by atoms with Crippen LogP contribution in [0.1, 0.15) is 28.4 Å². The summed E-state index contributed by atoms with van der Waals surface area (Å²) >= 11 is 6.11. The minimum Gasteiger partial charge on any atom is -0.483 e. The number of hydrogen-bond donors (Lipinski definition) is 0. The van der Waals surface area contributed by atoms with Gasteiger partial charge in [0.25, 0.3) is 0 Å². The molecule has 0 aliphatic carbocycles. The van der Waals surface area contributed by atoms with Crippen LogP contribution in [-0.4, -0.2) is 14.9 Å². The van der Waals surface area contributed by atoms with E-state index in [1.165, 1.54) is 0 Å². The van der Waals surface area contributed by atoms with Gasteiger partial charge in [0, 0.05) is 6.07 Å². The first-order valence-corrected chi connectivity index (χ1v) is 7.68. The highest BCUT2D eigenvalue weighted by atomic mass is 35.5. The van der Waals surface area contributed by atoms with Crippen LogP contribution in [0.25, 0.3) is 5.69 Å². The highest BCUT2D eigenvalue weighted by Gasteiger charge is 2.16. The number of benzene rings is 1. The van der Waals surface area contributed by atoms with Crippen molar-refractivity contribution in [2.75, 3.05) is 0 Å². The minimum atomic E-state index is 0.304. The quantitative estimate of drug-likeness (QED) is 0.718. The number of nitriles is 1. The van der Waals surface area contributed by atoms with Crippen LogP contribution in [0.2, 0.25) is 5.02 Å². The highest BCUT2D eigenvalue weighted by Crippen LogP contribution is 2.28. The Bertz CT molecular complexity index is 937. The van der Waals surface area contributed by atoms with Crippen molar-refractivity contribution in [2.24, 2.45) is 0 Å². The summed E-state index contributed by atoms with van der Waals surface area (Å²) in [7, 11) is 0. The molecular formula is C17H15ClN4O2. The first kappa shape index (κ1) is 16.1. The van der Waals surface area contributed by atoms with Gasteiger partial charge in [-0.15, -0.1) is 0 Å². The van der Waals surface area contributed by atoms with E-state index in [1.54, 1.807) is 22.9 Å². The van der Waals surface area contributed by atoms with E-state index >= 15 is 0 Å². The van der Waals surface area contributed by atoms with Crippen molar-refractivity contribution < 1.29 is 9.26 Å². The average Bonchev–Trinajstić information content (AvgIpc) is 3.09. The van der Waals surface area contributed by atoms with E-state index in [1.807, 2.05) is 32.9 Å². The van der Waals surface area contributed by atoms with Gasteiger partial charge in [0.1, 0.15) is 29.8 Å². The lowest BCUT2D eigenvalue weighted by Crippen LogP contribution is -2.01. The van der Waals surface area contributed by atoms with Crippen LogP contribution in [0, 0.1) is 32.1 Å². The lowest BCUT2D eigenvalue weighted by molar-refractivity contribution is 0.284. The monoisotopic (exact) mass is 342 g/mol. The number of halogens is 1. The predicted molar refractivity (Wildman–Crippen MR) is 88.3 cm³/mol. The van der Waals surface area contributed by atoms with Crippen molar-refractivity contribution in [3.8, 4) is 17.5 Å². The SMILES string of the molecule is Cc1cc(COc2c(C)nn(-c3ccc(C#N)c(Cl)c3)c2C)no1. The summed E-state index contributed by atoms with van der Waals surface area (Å²) in [4.78, 5) is 0. The summed E-state index contributed by atoms with van der Waals surface area (Å²) in [6, 6.07) is 9.06. The van der Waals surface area contributed by atoms with E-state index in [9.17, 15) is 0 Å². The molecule has 0 amide bonds. The highest BCUT2D eigenvalue weighted by molar-refractivity contribution is 6.31. The van der Waals surface area contributed by atoms with Crippen LogP contribution in [0.3, 0.4) is 0 Å². The molecule has 6 nitrogen and oxygen atoms in total. The zero-order valence-electron chi connectivity index (χ0n) is 13.5. The van der Waals surface area contributed by atoms with Gasteiger partial charge in [0.2, 0.25) is 0 Å². The molecule has 0 aliphatic rings. The molecule has 0 atom stereocenters. The first-order chi connectivity index (χ1) is 11.5. The van der Waals surface area contributed by atoms with Crippen molar-refractivity contribution >= 4 is 11.6 Å². The molecule has 3 aromatic rings. The standard InChI is InChI=1S/C17H15ClN4O2/c1-10-6-14(21-24-10)9-23-17-11(2)20-22(12(17)3)15-5-4-13(8-19)16(18)7-15/h4-7H,9H2,1-3H3. The molecule has 0 saturated heterocycles. The molecule has 0 N–H and O–H groups in total. The maximum absolute atomic E-state index is 8.97. The van der Waals surface area contributed by atoms with Gasteiger partial charge in [0.05, 0.1) is 22.0 Å². The Balaban J connectivity index is 1.89. The molecule has 24 heavy (non-hydrogen) atoms. The van der Waals surface area contributed by atoms with Crippen LogP contribution in [0.4, 0.5) is 0 Å². The summed E-state index contributed by atoms with van der Waals surface area (Å²) in [5.41, 5.74) is 3.52. The Morgan fingerprint density at radius 1 is 1.29 bits per heavy atom. The molecule has 2 aromatic heterocycles. The fourth-order valence-electron chi connectivity index (χ4n) is 2.45. The zero-order valence-corrected chi connectivity index (χ0v) is 14.3. The predicted octanol–water partition coefficient (Wildman–Crippen LogP) is 3.89. The summed E-state index contributed by atoms with van der Waals surface area (Å²) in [5.74, 6) is 1.43. The second kappa shape index (κ2) is 6.38. The number of ether oxygens (including phenoxy) is 1. The van der Waals surface area contributed by atoms with Crippen LogP contribution in [-0.2, 0) is 6.61 Å². The second-order valence-corrected chi connectivity index (χ2v) is 5.81. The van der Waals surface area contributed by atoms with Gasteiger partial charge in [-0.25, -0.2) is 4.68 Å². The number of aromatic nitrogens is 3. The maximum atomic E-state index is 8.97. The van der Waals surface area contributed by atoms with Crippen LogP contribution < -0.4 is 4.74 Å². The van der Waals surface area contributed by atoms with E-state index in [2.05, 4.69) is 10.3 Å². The molecule has 0 spiro atoms. The zero-order chi connectivity index (χ0) is 17.3. The molecule has 122 valence electrons. The molecule has 2 heterocycles. The second-order valence-electron chi connectivity index (χ2n) is 5.41. The number of hydrogen-bond acceptors (Lipinski definition) is 5. The summed E-state index contributed by atoms with van der Waals surface area (Å²) in [5, 5.41) is 17.8. The van der Waals surface area contributed by atoms with Gasteiger partial charge < -0.3 is 9.26 Å². The maximum Gasteiger partial charge on any atom is 0.164 e. The summed E-state index contributed by atoms with van der Waals surface area (Å²) < 4.78 is 12.6. The molecule has 0 radical (unpaired) electrons. The molecule has 0 saturated carbocycles. The average molecular weight is 343 g/mol. The van der Waals surface area contributed by atoms with Crippen molar-refractivity contribution in [3.63, 3.8) is 0 Å². The van der Waals surface area contributed by atoms with Crippen LogP contribution in [0.5, 0.6) is 5.75 Å². The summed E-state index contributed by atoms with van der Waals surface area (Å²) in [6.07, 6.45) is 0. The largest absolute Gasteiger partial charge is 0.483 e. The molecule has 7 heteroatoms. The molecule has 0 bridgehead atoms. The van der Waals surface area contributed by atoms with E-state index in [0.717, 1.165) is 28.5 Å². The van der Waals surface area contributed by atoms with Gasteiger partial charge in [-0.1, -0.05) is 16.8 Å². The minimum absolute atomic E-state index is 0.304. The Labute approximate surface area is 144 Å². The van der Waals surface area contributed by atoms with Crippen molar-refractivity contribution in [2.45, 2.75) is 27.4 Å². The van der Waals surface area contributed by atoms with Gasteiger partial charge in [0.15, 0.2) is 5.75 Å². The van der Waals surface area contributed by atoms with Gasteiger partial charge in [-0.05, 0) is 39.0 Å². The smallest absolute Gasteiger partial charge is 0.164 e. The number of aryl methyl sites for hydroxylation is 2. The number of nitrogens with zero attached hydrogens (tertiary/aromatic N) is 4. The van der Waals surface area contributed by atoms with E-state index in [4.69, 9.17) is 26.1 Å². The Hall–Kier alpha value is -2.78. The fourth-order valence-corrected chi connectivity index (χ4v) is 2.66. The Morgan fingerprint density at radius 2 is 2.08 bits per heavy atom. The fraction of sp³-hybridized carbons (Fsp3) is 0.235. The van der Waals surface area contributed by atoms with Crippen LogP contribution >= 0.6 is 11.6 Å². The van der Waals surface area contributed by atoms with Crippen molar-refractivity contribution in [1.29, 1.82) is 5.26 Å². The third kappa shape index (κ3) is 2.99. The van der Waals surface area contributed by atoms with Crippen LogP contribution in [0.15, 0.2) is 28.8 Å². The topological polar surface area (TPSA) is 76.9 Å². The molecule has 0 fully saturated rings. The third-order valence-corrected chi connectivity index (χ3v) is 3.90. The lowest BCUT2D eigenvalue weighted by Gasteiger charge is -2.07. The van der Waals surface area contributed by atoms with E-state index in [-0.39, 0.29) is 0 Å². The van der Waals surface area contributed by atoms with E-state index in [0.29, 0.717) is 22.9 Å². The Kier molecular flexibility index (Phi) is 4.28. The lowest BCUT2D eigenvalue weighted by atomic mass is 10.2. The Morgan fingerprint density at radius 3 is 2.71 bits per heavy atom. The third-order valence-electron chi connectivity index (χ3n) is 3.58. The molecule has 3 rings (SSSR count). The van der Waals surface area contributed by atoms with Crippen molar-refractivity contribution in [1.82, 2.24) is 14.9 Å². The van der Waals surface area contributed by atoms with E-state index < -0.39 is 0 Å². The molecule has 0 aliphatic heterocycles. The molecule has 1 aromatic carbocycles. The number of rotatable bonds is 4.